The van der Waals surface area contributed by atoms with Gasteiger partial charge in [-0.2, -0.15) is 8.78 Å². The van der Waals surface area contributed by atoms with Gasteiger partial charge < -0.3 is 35.4 Å². The van der Waals surface area contributed by atoms with Gasteiger partial charge in [-0.15, -0.1) is 0 Å². The van der Waals surface area contributed by atoms with Crippen molar-refractivity contribution in [2.75, 3.05) is 13.3 Å². The third-order valence-electron chi connectivity index (χ3n) is 5.19. The number of aliphatic hydroxyl groups excluding tert-OH is 3. The maximum absolute atomic E-state index is 12.3. The molecule has 0 bridgehead atoms. The van der Waals surface area contributed by atoms with Crippen LogP contribution in [0.4, 0.5) is 8.78 Å². The van der Waals surface area contributed by atoms with Crippen molar-refractivity contribution in [1.29, 1.82) is 0 Å². The number of alkyl halides is 2. The summed E-state index contributed by atoms with van der Waals surface area (Å²) < 4.78 is 34.5. The first-order valence-corrected chi connectivity index (χ1v) is 9.21. The predicted octanol–water partition coefficient (Wildman–Crippen LogP) is -0.921. The van der Waals surface area contributed by atoms with Crippen LogP contribution in [0.15, 0.2) is 39.2 Å². The SMILES string of the molecule is NC1(Cc2ccc(OC(F)F)cc2)N=CN=C2C1=NCN2[C@@H]1O[C@H](CO)[C@@H](O)[C@H]1O. The van der Waals surface area contributed by atoms with Crippen molar-refractivity contribution in [2.24, 2.45) is 20.7 Å². The number of amidine groups is 1. The Labute approximate surface area is 170 Å². The number of fused-ring (bicyclic) bond motifs is 1. The molecule has 1 fully saturated rings. The Kier molecular flexibility index (Phi) is 5.51. The molecule has 30 heavy (non-hydrogen) atoms. The van der Waals surface area contributed by atoms with Crippen molar-refractivity contribution in [3.63, 3.8) is 0 Å². The van der Waals surface area contributed by atoms with E-state index < -0.39 is 43.4 Å². The van der Waals surface area contributed by atoms with Crippen molar-refractivity contribution in [1.82, 2.24) is 4.90 Å². The van der Waals surface area contributed by atoms with Gasteiger partial charge in [-0.1, -0.05) is 12.1 Å². The van der Waals surface area contributed by atoms with Crippen LogP contribution in [-0.2, 0) is 11.2 Å². The summed E-state index contributed by atoms with van der Waals surface area (Å²) >= 11 is 0. The van der Waals surface area contributed by atoms with E-state index in [4.69, 9.17) is 10.5 Å². The number of hydrogen-bond donors (Lipinski definition) is 4. The molecule has 1 aromatic carbocycles. The van der Waals surface area contributed by atoms with E-state index in [2.05, 4.69) is 19.7 Å². The van der Waals surface area contributed by atoms with E-state index in [1.54, 1.807) is 17.0 Å². The Bertz CT molecular complexity index is 880. The molecule has 0 amide bonds. The molecule has 0 spiro atoms. The van der Waals surface area contributed by atoms with E-state index in [0.717, 1.165) is 0 Å². The van der Waals surface area contributed by atoms with Crippen LogP contribution in [0.25, 0.3) is 0 Å². The molecule has 12 heteroatoms. The lowest BCUT2D eigenvalue weighted by molar-refractivity contribution is -0.0688. The molecule has 0 aliphatic carbocycles. The number of ether oxygens (including phenoxy) is 2. The number of aliphatic imine (C=N–C) groups is 3. The predicted molar refractivity (Wildman–Crippen MR) is 102 cm³/mol. The lowest BCUT2D eigenvalue weighted by Crippen LogP contribution is -2.56. The average molecular weight is 425 g/mol. The van der Waals surface area contributed by atoms with Gasteiger partial charge in [0.25, 0.3) is 0 Å². The first kappa shape index (κ1) is 20.8. The molecule has 4 rings (SSSR count). The van der Waals surface area contributed by atoms with Crippen molar-refractivity contribution >= 4 is 17.9 Å². The van der Waals surface area contributed by atoms with Crippen LogP contribution in [0, 0.1) is 0 Å². The third-order valence-corrected chi connectivity index (χ3v) is 5.19. The molecule has 0 aromatic heterocycles. The smallest absolute Gasteiger partial charge is 0.387 e. The molecule has 3 heterocycles. The van der Waals surface area contributed by atoms with E-state index in [9.17, 15) is 24.1 Å². The summed E-state index contributed by atoms with van der Waals surface area (Å²) in [5.74, 6) is 0.378. The molecule has 1 aromatic rings. The quantitative estimate of drug-likeness (QED) is 0.461. The second-order valence-electron chi connectivity index (χ2n) is 7.17. The highest BCUT2D eigenvalue weighted by Crippen LogP contribution is 2.30. The van der Waals surface area contributed by atoms with Gasteiger partial charge in [0.05, 0.1) is 6.61 Å². The van der Waals surface area contributed by atoms with Crippen LogP contribution in [0.2, 0.25) is 0 Å². The largest absolute Gasteiger partial charge is 0.435 e. The zero-order valence-corrected chi connectivity index (χ0v) is 15.7. The third kappa shape index (κ3) is 3.68. The van der Waals surface area contributed by atoms with Crippen molar-refractivity contribution in [3.8, 4) is 5.75 Å². The van der Waals surface area contributed by atoms with Crippen LogP contribution in [0.1, 0.15) is 5.56 Å². The molecule has 3 aliphatic rings. The standard InChI is InChI=1S/C18H21F2N5O5/c19-17(20)29-10-3-1-9(2-4-10)5-18(21)14-15(22-7-24-18)25(8-23-14)16-13(28)12(27)11(6-26)30-16/h1-4,7,11-13,16-17,26-28H,5-6,8,21H2/t11-,12-,13-,16-,18?/m1/s1. The van der Waals surface area contributed by atoms with Crippen LogP contribution >= 0.6 is 0 Å². The van der Waals surface area contributed by atoms with Gasteiger partial charge in [-0.25, -0.2) is 9.98 Å². The van der Waals surface area contributed by atoms with Crippen molar-refractivity contribution < 1.29 is 33.6 Å². The fraction of sp³-hybridized carbons (Fsp3) is 0.500. The summed E-state index contributed by atoms with van der Waals surface area (Å²) in [6.45, 7) is -3.28. The van der Waals surface area contributed by atoms with Crippen LogP contribution < -0.4 is 10.5 Å². The maximum atomic E-state index is 12.3. The molecular weight excluding hydrogens is 404 g/mol. The van der Waals surface area contributed by atoms with Crippen LogP contribution in [0.5, 0.6) is 5.75 Å². The summed E-state index contributed by atoms with van der Waals surface area (Å²) in [7, 11) is 0. The Morgan fingerprint density at radius 3 is 2.63 bits per heavy atom. The van der Waals surface area contributed by atoms with E-state index >= 15 is 0 Å². The minimum atomic E-state index is -2.91. The topological polar surface area (TPSA) is 145 Å². The first-order chi connectivity index (χ1) is 14.3. The lowest BCUT2D eigenvalue weighted by atomic mass is 9.94. The number of halogens is 2. The second-order valence-corrected chi connectivity index (χ2v) is 7.17. The summed E-state index contributed by atoms with van der Waals surface area (Å²) in [4.78, 5) is 14.4. The first-order valence-electron chi connectivity index (χ1n) is 9.21. The van der Waals surface area contributed by atoms with Crippen molar-refractivity contribution in [2.45, 2.75) is 43.2 Å². The molecule has 5 atom stereocenters. The van der Waals surface area contributed by atoms with E-state index in [-0.39, 0.29) is 18.8 Å². The summed E-state index contributed by atoms with van der Waals surface area (Å²) in [5, 5.41) is 29.6. The molecule has 0 saturated carbocycles. The highest BCUT2D eigenvalue weighted by atomic mass is 19.3. The molecule has 162 valence electrons. The Hall–Kier alpha value is -2.51. The highest BCUT2D eigenvalue weighted by molar-refractivity contribution is 6.47. The molecule has 1 unspecified atom stereocenters. The minimum Gasteiger partial charge on any atom is -0.435 e. The van der Waals surface area contributed by atoms with Gasteiger partial charge >= 0.3 is 6.61 Å². The number of rotatable bonds is 6. The fourth-order valence-electron chi connectivity index (χ4n) is 3.70. The van der Waals surface area contributed by atoms with Gasteiger partial charge in [-0.3, -0.25) is 4.99 Å². The van der Waals surface area contributed by atoms with Crippen LogP contribution in [0.3, 0.4) is 0 Å². The number of hydrogen-bond acceptors (Lipinski definition) is 10. The van der Waals surface area contributed by atoms with Gasteiger partial charge in [0.1, 0.15) is 42.8 Å². The minimum absolute atomic E-state index is 0.0305. The second kappa shape index (κ2) is 7.96. The summed E-state index contributed by atoms with van der Waals surface area (Å²) in [5.41, 5.74) is 6.31. The average Bonchev–Trinajstić information content (AvgIpc) is 3.26. The zero-order valence-electron chi connectivity index (χ0n) is 15.7. The van der Waals surface area contributed by atoms with E-state index in [1.807, 2.05) is 0 Å². The Balaban J connectivity index is 1.50. The molecule has 1 saturated heterocycles. The summed E-state index contributed by atoms with van der Waals surface area (Å²) in [6.07, 6.45) is -2.92. The number of nitrogens with two attached hydrogens (primary N) is 1. The molecule has 5 N–H and O–H groups in total. The molecule has 0 radical (unpaired) electrons. The maximum Gasteiger partial charge on any atom is 0.387 e. The van der Waals surface area contributed by atoms with Gasteiger partial charge in [0.15, 0.2) is 17.7 Å². The molecule has 10 nitrogen and oxygen atoms in total. The van der Waals surface area contributed by atoms with Crippen LogP contribution in [-0.4, -0.2) is 88.2 Å². The Morgan fingerprint density at radius 1 is 1.27 bits per heavy atom. The normalized spacial score (nSPS) is 33.0. The number of nitrogens with zero attached hydrogens (tertiary/aromatic N) is 4. The summed E-state index contributed by atoms with van der Waals surface area (Å²) in [6, 6.07) is 6.03. The molecule has 3 aliphatic heterocycles. The lowest BCUT2D eigenvalue weighted by Gasteiger charge is -2.32. The zero-order chi connectivity index (χ0) is 21.5. The Morgan fingerprint density at radius 2 is 2.00 bits per heavy atom. The number of aliphatic hydroxyl groups is 3. The highest BCUT2D eigenvalue weighted by Gasteiger charge is 2.50. The number of benzene rings is 1. The molecular formula is C18H21F2N5O5. The van der Waals surface area contributed by atoms with Gasteiger partial charge in [0.2, 0.25) is 0 Å². The monoisotopic (exact) mass is 425 g/mol. The van der Waals surface area contributed by atoms with E-state index in [1.165, 1.54) is 18.5 Å². The van der Waals surface area contributed by atoms with Crippen molar-refractivity contribution in [3.05, 3.63) is 29.8 Å². The van der Waals surface area contributed by atoms with Gasteiger partial charge in [-0.05, 0) is 17.7 Å². The van der Waals surface area contributed by atoms with E-state index in [0.29, 0.717) is 17.1 Å². The fourth-order valence-corrected chi connectivity index (χ4v) is 3.70. The van der Waals surface area contributed by atoms with Gasteiger partial charge in [0, 0.05) is 6.42 Å².